The third-order valence-corrected chi connectivity index (χ3v) is 1.69. The minimum absolute atomic E-state index is 0.338. The van der Waals surface area contributed by atoms with Crippen molar-refractivity contribution in [3.63, 3.8) is 0 Å². The lowest BCUT2D eigenvalue weighted by Crippen LogP contribution is -2.29. The van der Waals surface area contributed by atoms with Crippen LogP contribution in [0.2, 0.25) is 0 Å². The van der Waals surface area contributed by atoms with Gasteiger partial charge in [-0.3, -0.25) is 0 Å². The summed E-state index contributed by atoms with van der Waals surface area (Å²) in [6.45, 7) is 10.3. The molecule has 0 aromatic heterocycles. The molecule has 0 N–H and O–H groups in total. The molecule has 0 rings (SSSR count). The predicted octanol–water partition coefficient (Wildman–Crippen LogP) is 1.97. The van der Waals surface area contributed by atoms with E-state index in [1.165, 1.54) is 0 Å². The average Bonchev–Trinajstić information content (AvgIpc) is 2.14. The van der Waals surface area contributed by atoms with Gasteiger partial charge in [0.1, 0.15) is 0 Å². The van der Waals surface area contributed by atoms with Crippen molar-refractivity contribution in [2.24, 2.45) is 5.92 Å². The van der Waals surface area contributed by atoms with Crippen LogP contribution in [0.3, 0.4) is 0 Å². The van der Waals surface area contributed by atoms with E-state index < -0.39 is 6.10 Å². The molecule has 0 spiro atoms. The first-order valence-electron chi connectivity index (χ1n) is 5.41. The first-order valence-corrected chi connectivity index (χ1v) is 5.41. The number of hydrogen-bond acceptors (Lipinski definition) is 4. The fourth-order valence-electron chi connectivity index (χ4n) is 0.983. The van der Waals surface area contributed by atoms with Crippen LogP contribution < -0.4 is 0 Å². The van der Waals surface area contributed by atoms with Gasteiger partial charge >= 0.3 is 5.97 Å². The standard InChI is InChI=1S/C11H22O4/c1-6-13-10(5)15-9(4)11(12)14-7-8(2)3/h8-10H,6-7H2,1-5H3/t9-,10?/m1/s1. The molecular formula is C11H22O4. The number of rotatable bonds is 7. The van der Waals surface area contributed by atoms with Crippen LogP contribution in [0.5, 0.6) is 0 Å². The molecule has 0 radical (unpaired) electrons. The summed E-state index contributed by atoms with van der Waals surface area (Å²) in [5.41, 5.74) is 0. The van der Waals surface area contributed by atoms with E-state index in [0.29, 0.717) is 19.1 Å². The van der Waals surface area contributed by atoms with E-state index in [0.717, 1.165) is 0 Å². The largest absolute Gasteiger partial charge is 0.464 e. The number of esters is 1. The molecule has 0 aromatic carbocycles. The maximum atomic E-state index is 11.4. The Bertz CT molecular complexity index is 179. The topological polar surface area (TPSA) is 44.8 Å². The Labute approximate surface area is 91.9 Å². The van der Waals surface area contributed by atoms with Gasteiger partial charge in [-0.2, -0.15) is 0 Å². The highest BCUT2D eigenvalue weighted by atomic mass is 16.7. The van der Waals surface area contributed by atoms with Crippen LogP contribution in [-0.4, -0.2) is 31.6 Å². The smallest absolute Gasteiger partial charge is 0.335 e. The van der Waals surface area contributed by atoms with Gasteiger partial charge in [-0.05, 0) is 26.7 Å². The molecule has 90 valence electrons. The molecule has 4 nitrogen and oxygen atoms in total. The molecule has 1 unspecified atom stereocenters. The van der Waals surface area contributed by atoms with E-state index >= 15 is 0 Å². The molecular weight excluding hydrogens is 196 g/mol. The van der Waals surface area contributed by atoms with Gasteiger partial charge in [0.15, 0.2) is 12.4 Å². The maximum Gasteiger partial charge on any atom is 0.335 e. The van der Waals surface area contributed by atoms with Gasteiger partial charge in [-0.25, -0.2) is 4.79 Å². The lowest BCUT2D eigenvalue weighted by Gasteiger charge is -2.18. The van der Waals surface area contributed by atoms with E-state index in [2.05, 4.69) is 0 Å². The first-order chi connectivity index (χ1) is 6.97. The Morgan fingerprint density at radius 3 is 2.27 bits per heavy atom. The highest BCUT2D eigenvalue weighted by Crippen LogP contribution is 2.03. The number of carbonyl (C=O) groups is 1. The minimum atomic E-state index is -0.578. The van der Waals surface area contributed by atoms with Crippen LogP contribution in [-0.2, 0) is 19.0 Å². The van der Waals surface area contributed by atoms with Gasteiger partial charge in [-0.1, -0.05) is 13.8 Å². The zero-order valence-electron chi connectivity index (χ0n) is 10.3. The molecule has 0 bridgehead atoms. The Balaban J connectivity index is 3.78. The summed E-state index contributed by atoms with van der Waals surface area (Å²) in [7, 11) is 0. The zero-order valence-corrected chi connectivity index (χ0v) is 10.3. The number of hydrogen-bond donors (Lipinski definition) is 0. The van der Waals surface area contributed by atoms with Crippen molar-refractivity contribution < 1.29 is 19.0 Å². The van der Waals surface area contributed by atoms with Crippen LogP contribution in [0.15, 0.2) is 0 Å². The number of carbonyl (C=O) groups excluding carboxylic acids is 1. The van der Waals surface area contributed by atoms with Gasteiger partial charge in [0.2, 0.25) is 0 Å². The average molecular weight is 218 g/mol. The Morgan fingerprint density at radius 1 is 1.20 bits per heavy atom. The molecule has 0 saturated carbocycles. The van der Waals surface area contributed by atoms with Crippen molar-refractivity contribution in [2.75, 3.05) is 13.2 Å². The highest BCUT2D eigenvalue weighted by molar-refractivity contribution is 5.74. The number of ether oxygens (including phenoxy) is 3. The fourth-order valence-corrected chi connectivity index (χ4v) is 0.983. The van der Waals surface area contributed by atoms with E-state index in [1.807, 2.05) is 20.8 Å². The van der Waals surface area contributed by atoms with E-state index in [-0.39, 0.29) is 12.3 Å². The highest BCUT2D eigenvalue weighted by Gasteiger charge is 2.18. The van der Waals surface area contributed by atoms with Gasteiger partial charge < -0.3 is 14.2 Å². The molecule has 0 aliphatic rings. The van der Waals surface area contributed by atoms with Crippen molar-refractivity contribution in [3.05, 3.63) is 0 Å². The van der Waals surface area contributed by atoms with Crippen LogP contribution in [0.25, 0.3) is 0 Å². The Hall–Kier alpha value is -0.610. The summed E-state index contributed by atoms with van der Waals surface area (Å²) in [5.74, 6) is 0.000665. The molecule has 0 aliphatic carbocycles. The quantitative estimate of drug-likeness (QED) is 0.484. The monoisotopic (exact) mass is 218 g/mol. The lowest BCUT2D eigenvalue weighted by molar-refractivity contribution is -0.185. The second kappa shape index (κ2) is 7.65. The summed E-state index contributed by atoms with van der Waals surface area (Å²) >= 11 is 0. The molecule has 15 heavy (non-hydrogen) atoms. The summed E-state index contributed by atoms with van der Waals surface area (Å²) in [4.78, 5) is 11.4. The lowest BCUT2D eigenvalue weighted by atomic mass is 10.2. The first kappa shape index (κ1) is 14.4. The third kappa shape index (κ3) is 7.33. The molecule has 0 heterocycles. The van der Waals surface area contributed by atoms with Crippen molar-refractivity contribution in [1.82, 2.24) is 0 Å². The summed E-state index contributed by atoms with van der Waals surface area (Å²) < 4.78 is 15.5. The van der Waals surface area contributed by atoms with Crippen molar-refractivity contribution >= 4 is 5.97 Å². The van der Waals surface area contributed by atoms with Gasteiger partial charge in [0.25, 0.3) is 0 Å². The Kier molecular flexibility index (Phi) is 7.34. The maximum absolute atomic E-state index is 11.4. The molecule has 0 aliphatic heterocycles. The van der Waals surface area contributed by atoms with Crippen LogP contribution in [0.1, 0.15) is 34.6 Å². The van der Waals surface area contributed by atoms with E-state index in [4.69, 9.17) is 14.2 Å². The van der Waals surface area contributed by atoms with Crippen LogP contribution >= 0.6 is 0 Å². The molecule has 0 aromatic rings. The summed E-state index contributed by atoms with van der Waals surface area (Å²) in [6.07, 6.45) is -0.957. The zero-order chi connectivity index (χ0) is 11.8. The van der Waals surface area contributed by atoms with Crippen LogP contribution in [0, 0.1) is 5.92 Å². The van der Waals surface area contributed by atoms with Gasteiger partial charge in [0, 0.05) is 6.61 Å². The SMILES string of the molecule is CCOC(C)O[C@H](C)C(=O)OCC(C)C. The van der Waals surface area contributed by atoms with Crippen molar-refractivity contribution in [2.45, 2.75) is 47.0 Å². The minimum Gasteiger partial charge on any atom is -0.464 e. The Morgan fingerprint density at radius 2 is 1.80 bits per heavy atom. The second-order valence-corrected chi connectivity index (χ2v) is 3.83. The molecule has 0 amide bonds. The predicted molar refractivity (Wildman–Crippen MR) is 57.4 cm³/mol. The molecule has 0 saturated heterocycles. The normalized spacial score (nSPS) is 15.1. The third-order valence-electron chi connectivity index (χ3n) is 1.69. The second-order valence-electron chi connectivity index (χ2n) is 3.83. The fraction of sp³-hybridized carbons (Fsp3) is 0.909. The van der Waals surface area contributed by atoms with Crippen LogP contribution in [0.4, 0.5) is 0 Å². The van der Waals surface area contributed by atoms with Crippen molar-refractivity contribution in [1.29, 1.82) is 0 Å². The van der Waals surface area contributed by atoms with Gasteiger partial charge in [-0.15, -0.1) is 0 Å². The summed E-state index contributed by atoms with van der Waals surface area (Å²) in [6, 6.07) is 0. The van der Waals surface area contributed by atoms with E-state index in [1.54, 1.807) is 13.8 Å². The van der Waals surface area contributed by atoms with Gasteiger partial charge in [0.05, 0.1) is 6.61 Å². The molecule has 2 atom stereocenters. The van der Waals surface area contributed by atoms with E-state index in [9.17, 15) is 4.79 Å². The van der Waals surface area contributed by atoms with Crippen molar-refractivity contribution in [3.8, 4) is 0 Å². The molecule has 4 heteroatoms. The molecule has 0 fully saturated rings. The summed E-state index contributed by atoms with van der Waals surface area (Å²) in [5, 5.41) is 0.